The molecule has 150 valence electrons. The fraction of sp³-hybridized carbons (Fsp3) is 0.211. The van der Waals surface area contributed by atoms with Gasteiger partial charge in [-0.05, 0) is 29.3 Å². The molecule has 0 spiro atoms. The van der Waals surface area contributed by atoms with Crippen molar-refractivity contribution in [2.24, 2.45) is 5.73 Å². The Morgan fingerprint density at radius 1 is 1.34 bits per heavy atom. The summed E-state index contributed by atoms with van der Waals surface area (Å²) in [5, 5.41) is 6.72. The third-order valence-electron chi connectivity index (χ3n) is 4.54. The lowest BCUT2D eigenvalue weighted by molar-refractivity contribution is 0.151. The van der Waals surface area contributed by atoms with Gasteiger partial charge in [-0.1, -0.05) is 12.1 Å². The van der Waals surface area contributed by atoms with Crippen LogP contribution in [-0.2, 0) is 24.4 Å². The summed E-state index contributed by atoms with van der Waals surface area (Å²) in [7, 11) is 0. The number of amides is 1. The quantitative estimate of drug-likeness (QED) is 0.644. The molecule has 29 heavy (non-hydrogen) atoms. The average molecular weight is 415 g/mol. The van der Waals surface area contributed by atoms with Crippen LogP contribution in [-0.4, -0.2) is 27.0 Å². The van der Waals surface area contributed by atoms with Gasteiger partial charge < -0.3 is 10.5 Å². The number of nitrogens with zero attached hydrogens (tertiary/aromatic N) is 3. The Morgan fingerprint density at radius 2 is 2.21 bits per heavy atom. The predicted molar refractivity (Wildman–Crippen MR) is 107 cm³/mol. The first-order chi connectivity index (χ1) is 14.1. The summed E-state index contributed by atoms with van der Waals surface area (Å²) in [4.78, 5) is 25.8. The van der Waals surface area contributed by atoms with Crippen molar-refractivity contribution in [2.45, 2.75) is 19.7 Å². The molecule has 0 saturated carbocycles. The first-order valence-corrected chi connectivity index (χ1v) is 9.65. The molecule has 3 heterocycles. The second-order valence-electron chi connectivity index (χ2n) is 6.51. The summed E-state index contributed by atoms with van der Waals surface area (Å²) >= 11 is 1.54. The Kier molecular flexibility index (Phi) is 5.28. The van der Waals surface area contributed by atoms with Gasteiger partial charge in [-0.15, -0.1) is 11.3 Å². The summed E-state index contributed by atoms with van der Waals surface area (Å²) in [5.41, 5.74) is 8.02. The third-order valence-corrected chi connectivity index (χ3v) is 5.66. The molecule has 1 aliphatic rings. The van der Waals surface area contributed by atoms with Crippen molar-refractivity contribution in [3.63, 3.8) is 0 Å². The molecule has 1 aliphatic heterocycles. The van der Waals surface area contributed by atoms with Crippen LogP contribution in [0.15, 0.2) is 53.4 Å². The van der Waals surface area contributed by atoms with Gasteiger partial charge in [-0.25, -0.2) is 18.7 Å². The molecule has 3 N–H and O–H groups in total. The SMILES string of the molecule is NC/C(=C\F)Cn1ncn(Cc2ccc(-c3ccc4c(c3)NC(=O)OC4)s2)c1=O. The van der Waals surface area contributed by atoms with Gasteiger partial charge in [0.2, 0.25) is 0 Å². The van der Waals surface area contributed by atoms with Crippen LogP contribution < -0.4 is 16.7 Å². The Morgan fingerprint density at radius 3 is 3.00 bits per heavy atom. The van der Waals surface area contributed by atoms with Crippen LogP contribution in [0, 0.1) is 0 Å². The highest BCUT2D eigenvalue weighted by molar-refractivity contribution is 7.15. The average Bonchev–Trinajstić information content (AvgIpc) is 3.33. The Labute approximate surface area is 169 Å². The van der Waals surface area contributed by atoms with E-state index in [0.29, 0.717) is 18.4 Å². The molecule has 0 aliphatic carbocycles. The van der Waals surface area contributed by atoms with Crippen LogP contribution in [0.25, 0.3) is 10.4 Å². The number of carbonyl (C=O) groups is 1. The minimum Gasteiger partial charge on any atom is -0.444 e. The monoisotopic (exact) mass is 415 g/mol. The van der Waals surface area contributed by atoms with E-state index >= 15 is 0 Å². The highest BCUT2D eigenvalue weighted by atomic mass is 32.1. The van der Waals surface area contributed by atoms with E-state index in [1.165, 1.54) is 15.6 Å². The first-order valence-electron chi connectivity index (χ1n) is 8.83. The molecule has 0 unspecified atom stereocenters. The standard InChI is InChI=1S/C19H18FN5O3S/c20-6-12(7-21)8-25-19(27)24(11-22-25)9-15-3-4-17(29-15)13-1-2-14-10-28-18(26)23-16(14)5-13/h1-6,11H,7-10,21H2,(H,23,26)/b12-6+. The summed E-state index contributed by atoms with van der Waals surface area (Å²) in [5.74, 6) is 0. The van der Waals surface area contributed by atoms with Gasteiger partial charge in [-0.3, -0.25) is 9.88 Å². The number of hydrogen-bond donors (Lipinski definition) is 2. The number of aromatic nitrogens is 3. The topological polar surface area (TPSA) is 104 Å². The lowest BCUT2D eigenvalue weighted by atomic mass is 10.1. The number of fused-ring (bicyclic) bond motifs is 1. The maximum Gasteiger partial charge on any atom is 0.411 e. The minimum absolute atomic E-state index is 0.0252. The first kappa shape index (κ1) is 19.1. The van der Waals surface area contributed by atoms with E-state index in [0.717, 1.165) is 26.6 Å². The van der Waals surface area contributed by atoms with Gasteiger partial charge in [-0.2, -0.15) is 5.10 Å². The molecule has 0 bridgehead atoms. The lowest BCUT2D eigenvalue weighted by Gasteiger charge is -2.17. The van der Waals surface area contributed by atoms with E-state index in [1.54, 1.807) is 11.3 Å². The number of rotatable bonds is 6. The fourth-order valence-corrected chi connectivity index (χ4v) is 3.97. The number of anilines is 1. The summed E-state index contributed by atoms with van der Waals surface area (Å²) in [6, 6.07) is 9.71. The molecule has 0 fully saturated rings. The van der Waals surface area contributed by atoms with Crippen LogP contribution in [0.3, 0.4) is 0 Å². The van der Waals surface area contributed by atoms with Crippen molar-refractivity contribution in [1.82, 2.24) is 14.3 Å². The molecular formula is C19H18FN5O3S. The Hall–Kier alpha value is -3.24. The second-order valence-corrected chi connectivity index (χ2v) is 7.68. The van der Waals surface area contributed by atoms with Crippen LogP contribution >= 0.6 is 11.3 Å². The van der Waals surface area contributed by atoms with Crippen LogP contribution in [0.4, 0.5) is 14.9 Å². The van der Waals surface area contributed by atoms with Gasteiger partial charge >= 0.3 is 11.8 Å². The van der Waals surface area contributed by atoms with E-state index in [2.05, 4.69) is 10.4 Å². The number of benzene rings is 1. The van der Waals surface area contributed by atoms with Gasteiger partial charge in [0.1, 0.15) is 12.9 Å². The normalized spacial score (nSPS) is 13.7. The Bertz CT molecular complexity index is 1150. The van der Waals surface area contributed by atoms with Crippen LogP contribution in [0.2, 0.25) is 0 Å². The fourth-order valence-electron chi connectivity index (χ4n) is 2.97. The highest BCUT2D eigenvalue weighted by Crippen LogP contribution is 2.33. The number of carbonyl (C=O) groups excluding carboxylic acids is 1. The summed E-state index contributed by atoms with van der Waals surface area (Å²) in [6.07, 6.45) is 1.38. The molecule has 8 nitrogen and oxygen atoms in total. The zero-order valence-electron chi connectivity index (χ0n) is 15.3. The second kappa shape index (κ2) is 8.02. The van der Waals surface area contributed by atoms with Crippen molar-refractivity contribution in [3.05, 3.63) is 69.5 Å². The number of halogens is 1. The summed E-state index contributed by atoms with van der Waals surface area (Å²) < 4.78 is 20.3. The molecule has 1 amide bonds. The molecule has 3 aromatic rings. The largest absolute Gasteiger partial charge is 0.444 e. The lowest BCUT2D eigenvalue weighted by Crippen LogP contribution is -2.26. The molecule has 4 rings (SSSR count). The van der Waals surface area contributed by atoms with E-state index in [4.69, 9.17) is 10.5 Å². The van der Waals surface area contributed by atoms with E-state index in [9.17, 15) is 14.0 Å². The predicted octanol–water partition coefficient (Wildman–Crippen LogP) is 2.70. The third kappa shape index (κ3) is 3.98. The van der Waals surface area contributed by atoms with Crippen LogP contribution in [0.5, 0.6) is 0 Å². The molecule has 0 radical (unpaired) electrons. The van der Waals surface area contributed by atoms with Crippen molar-refractivity contribution >= 4 is 23.1 Å². The maximum atomic E-state index is 12.7. The molecule has 1 aromatic carbocycles. The molecule has 0 atom stereocenters. The molecule has 0 saturated heterocycles. The summed E-state index contributed by atoms with van der Waals surface area (Å²) in [6.45, 7) is 0.667. The number of nitrogens with two attached hydrogens (primary N) is 1. The zero-order valence-corrected chi connectivity index (χ0v) is 16.1. The van der Waals surface area contributed by atoms with Crippen molar-refractivity contribution in [3.8, 4) is 10.4 Å². The molecule has 2 aromatic heterocycles. The van der Waals surface area contributed by atoms with Crippen molar-refractivity contribution < 1.29 is 13.9 Å². The number of cyclic esters (lactones) is 1. The number of hydrogen-bond acceptors (Lipinski definition) is 6. The number of nitrogens with one attached hydrogen (secondary N) is 1. The minimum atomic E-state index is -0.460. The van der Waals surface area contributed by atoms with Gasteiger partial charge in [0.25, 0.3) is 0 Å². The highest BCUT2D eigenvalue weighted by Gasteiger charge is 2.16. The number of thiophene rings is 1. The van der Waals surface area contributed by atoms with E-state index in [-0.39, 0.29) is 25.4 Å². The van der Waals surface area contributed by atoms with E-state index < -0.39 is 6.09 Å². The smallest absolute Gasteiger partial charge is 0.411 e. The zero-order chi connectivity index (χ0) is 20.4. The molecular weight excluding hydrogens is 397 g/mol. The van der Waals surface area contributed by atoms with Crippen molar-refractivity contribution in [1.29, 1.82) is 0 Å². The van der Waals surface area contributed by atoms with Gasteiger partial charge in [0.15, 0.2) is 0 Å². The van der Waals surface area contributed by atoms with Gasteiger partial charge in [0.05, 0.1) is 25.1 Å². The van der Waals surface area contributed by atoms with Gasteiger partial charge in [0, 0.05) is 21.9 Å². The maximum absolute atomic E-state index is 12.7. The van der Waals surface area contributed by atoms with E-state index in [1.807, 2.05) is 30.3 Å². The Balaban J connectivity index is 1.52. The van der Waals surface area contributed by atoms with Crippen molar-refractivity contribution in [2.75, 3.05) is 11.9 Å². The molecule has 10 heteroatoms. The number of ether oxygens (including phenoxy) is 1. The van der Waals surface area contributed by atoms with Crippen LogP contribution in [0.1, 0.15) is 10.4 Å².